The third-order valence-corrected chi connectivity index (χ3v) is 7.06. The number of benzene rings is 1. The van der Waals surface area contributed by atoms with Crippen LogP contribution in [-0.4, -0.2) is 55.9 Å². The summed E-state index contributed by atoms with van der Waals surface area (Å²) in [7, 11) is 1.73. The predicted octanol–water partition coefficient (Wildman–Crippen LogP) is 3.63. The van der Waals surface area contributed by atoms with Crippen molar-refractivity contribution < 1.29 is 9.53 Å². The lowest BCUT2D eigenvalue weighted by Gasteiger charge is -2.28. The van der Waals surface area contributed by atoms with Gasteiger partial charge in [0.15, 0.2) is 5.82 Å². The van der Waals surface area contributed by atoms with Crippen molar-refractivity contribution in [3.05, 3.63) is 59.2 Å². The van der Waals surface area contributed by atoms with E-state index in [1.807, 2.05) is 18.2 Å². The van der Waals surface area contributed by atoms with E-state index in [-0.39, 0.29) is 18.0 Å². The molecule has 2 bridgehead atoms. The number of carbonyl (C=O) groups is 1. The molecule has 2 aliphatic rings. The maximum atomic E-state index is 13.8. The normalized spacial score (nSPS) is 19.8. The minimum atomic E-state index is 0.156. The van der Waals surface area contributed by atoms with Gasteiger partial charge in [-0.15, -0.1) is 10.2 Å². The Morgan fingerprint density at radius 1 is 1.12 bits per heavy atom. The molecule has 1 saturated heterocycles. The largest absolute Gasteiger partial charge is 0.385 e. The van der Waals surface area contributed by atoms with E-state index in [1.165, 1.54) is 0 Å². The summed E-state index contributed by atoms with van der Waals surface area (Å²) < 4.78 is 9.68. The molecule has 0 radical (unpaired) electrons. The van der Waals surface area contributed by atoms with Gasteiger partial charge in [0.05, 0.1) is 11.6 Å². The molecule has 32 heavy (non-hydrogen) atoms. The van der Waals surface area contributed by atoms with E-state index < -0.39 is 0 Å². The summed E-state index contributed by atoms with van der Waals surface area (Å²) in [5, 5.41) is 9.01. The van der Waals surface area contributed by atoms with Crippen molar-refractivity contribution in [1.29, 1.82) is 0 Å². The van der Waals surface area contributed by atoms with Crippen LogP contribution in [0, 0.1) is 13.8 Å². The number of fused-ring (bicyclic) bond motifs is 3. The minimum absolute atomic E-state index is 0.156. The molecule has 0 aliphatic carbocycles. The molecule has 2 aliphatic heterocycles. The van der Waals surface area contributed by atoms with Crippen LogP contribution >= 0.6 is 0 Å². The molecule has 0 spiro atoms. The van der Waals surface area contributed by atoms with E-state index in [0.29, 0.717) is 0 Å². The molecule has 7 nitrogen and oxygen atoms in total. The van der Waals surface area contributed by atoms with E-state index in [9.17, 15) is 4.79 Å². The van der Waals surface area contributed by atoms with Crippen molar-refractivity contribution in [2.45, 2.75) is 64.7 Å². The number of hydrogen-bond acceptors (Lipinski definition) is 4. The van der Waals surface area contributed by atoms with Crippen LogP contribution in [0.3, 0.4) is 0 Å². The molecular formula is C25H31N5O2. The van der Waals surface area contributed by atoms with Crippen molar-refractivity contribution in [3.63, 3.8) is 0 Å². The smallest absolute Gasteiger partial charge is 0.256 e. The van der Waals surface area contributed by atoms with Gasteiger partial charge in [-0.05, 0) is 39.2 Å². The van der Waals surface area contributed by atoms with Gasteiger partial charge in [0, 0.05) is 56.2 Å². The first kappa shape index (κ1) is 20.9. The Bertz CT molecular complexity index is 1120. The average molecular weight is 434 g/mol. The predicted molar refractivity (Wildman–Crippen MR) is 123 cm³/mol. The number of aryl methyl sites for hydroxylation is 1. The Morgan fingerprint density at radius 2 is 1.91 bits per heavy atom. The molecule has 4 heterocycles. The highest BCUT2D eigenvalue weighted by molar-refractivity contribution is 5.96. The van der Waals surface area contributed by atoms with Gasteiger partial charge in [-0.3, -0.25) is 4.79 Å². The van der Waals surface area contributed by atoms with Crippen molar-refractivity contribution in [2.24, 2.45) is 0 Å². The Kier molecular flexibility index (Phi) is 5.59. The van der Waals surface area contributed by atoms with Crippen LogP contribution in [0.4, 0.5) is 0 Å². The van der Waals surface area contributed by atoms with Crippen molar-refractivity contribution in [1.82, 2.24) is 24.2 Å². The topological polar surface area (TPSA) is 65.2 Å². The van der Waals surface area contributed by atoms with Crippen molar-refractivity contribution in [3.8, 4) is 11.4 Å². The van der Waals surface area contributed by atoms with Crippen molar-refractivity contribution in [2.75, 3.05) is 13.7 Å². The summed E-state index contributed by atoms with van der Waals surface area (Å²) >= 11 is 0. The number of nitrogens with zero attached hydrogens (tertiary/aromatic N) is 5. The fourth-order valence-electron chi connectivity index (χ4n) is 5.44. The van der Waals surface area contributed by atoms with Gasteiger partial charge in [0.2, 0.25) is 0 Å². The molecule has 1 aromatic carbocycles. The molecule has 2 aromatic heterocycles. The zero-order valence-electron chi connectivity index (χ0n) is 19.1. The third-order valence-electron chi connectivity index (χ3n) is 7.06. The van der Waals surface area contributed by atoms with Crippen LogP contribution < -0.4 is 0 Å². The van der Waals surface area contributed by atoms with Crippen molar-refractivity contribution >= 4 is 5.91 Å². The second-order valence-corrected chi connectivity index (χ2v) is 9.00. The summed E-state index contributed by atoms with van der Waals surface area (Å²) in [6, 6.07) is 12.6. The average Bonchev–Trinajstić information content (AvgIpc) is 3.42. The molecule has 0 unspecified atom stereocenters. The number of methoxy groups -OCH3 is 1. The lowest BCUT2D eigenvalue weighted by Crippen LogP contribution is -2.42. The second kappa shape index (κ2) is 8.54. The number of aromatic nitrogens is 4. The number of hydrogen-bond donors (Lipinski definition) is 0. The molecule has 7 heteroatoms. The van der Waals surface area contributed by atoms with Gasteiger partial charge in [-0.1, -0.05) is 30.3 Å². The summed E-state index contributed by atoms with van der Waals surface area (Å²) in [6.45, 7) is 6.49. The SMILES string of the molecule is COCCCn1c(C)cc(C(=O)N2[C@@H]3CC[C@H]2Cc2nnc(-c4ccccc4)n2C3)c1C. The Labute approximate surface area is 189 Å². The van der Waals surface area contributed by atoms with Gasteiger partial charge in [0.25, 0.3) is 5.91 Å². The maximum Gasteiger partial charge on any atom is 0.256 e. The molecule has 2 atom stereocenters. The zero-order chi connectivity index (χ0) is 22.2. The van der Waals surface area contributed by atoms with E-state index >= 15 is 0 Å². The first-order valence-electron chi connectivity index (χ1n) is 11.5. The molecule has 0 N–H and O–H groups in total. The molecular weight excluding hydrogens is 402 g/mol. The first-order chi connectivity index (χ1) is 15.6. The van der Waals surface area contributed by atoms with Crippen LogP contribution in [0.2, 0.25) is 0 Å². The quantitative estimate of drug-likeness (QED) is 0.557. The minimum Gasteiger partial charge on any atom is -0.385 e. The van der Waals surface area contributed by atoms with Gasteiger partial charge in [0.1, 0.15) is 5.82 Å². The molecule has 5 rings (SSSR count). The summed E-state index contributed by atoms with van der Waals surface area (Å²) in [6.07, 6.45) is 3.74. The van der Waals surface area contributed by atoms with Gasteiger partial charge in [-0.25, -0.2) is 0 Å². The number of carbonyl (C=O) groups excluding carboxylic acids is 1. The Balaban J connectivity index is 1.42. The van der Waals surface area contributed by atoms with Crippen LogP contribution in [0.25, 0.3) is 11.4 Å². The van der Waals surface area contributed by atoms with Crippen LogP contribution in [0.15, 0.2) is 36.4 Å². The third kappa shape index (κ3) is 3.54. The van der Waals surface area contributed by atoms with Gasteiger partial charge in [-0.2, -0.15) is 0 Å². The fourth-order valence-corrected chi connectivity index (χ4v) is 5.44. The molecule has 1 fully saturated rings. The van der Waals surface area contributed by atoms with Crippen LogP contribution in [-0.2, 0) is 24.2 Å². The second-order valence-electron chi connectivity index (χ2n) is 9.00. The zero-order valence-corrected chi connectivity index (χ0v) is 19.1. The number of amides is 1. The van der Waals surface area contributed by atoms with E-state index in [0.717, 1.165) is 79.5 Å². The molecule has 3 aromatic rings. The number of rotatable bonds is 6. The standard InChI is InChI=1S/C25H31N5O2/c1-17-14-22(18(2)28(17)12-7-13-32-3)25(31)30-20-10-11-21(30)16-29-23(15-20)26-27-24(29)19-8-5-4-6-9-19/h4-6,8-9,14,20-21H,7,10-13,15-16H2,1-3H3/t20-,21+/m0/s1. The highest BCUT2D eigenvalue weighted by atomic mass is 16.5. The summed E-state index contributed by atoms with van der Waals surface area (Å²) in [4.78, 5) is 15.9. The maximum absolute atomic E-state index is 13.8. The molecule has 168 valence electrons. The first-order valence-corrected chi connectivity index (χ1v) is 11.5. The van der Waals surface area contributed by atoms with E-state index in [2.05, 4.69) is 56.3 Å². The van der Waals surface area contributed by atoms with Crippen LogP contribution in [0.5, 0.6) is 0 Å². The molecule has 0 saturated carbocycles. The lowest BCUT2D eigenvalue weighted by atomic mass is 10.1. The van der Waals surface area contributed by atoms with Crippen LogP contribution in [0.1, 0.15) is 46.8 Å². The van der Waals surface area contributed by atoms with Gasteiger partial charge < -0.3 is 18.8 Å². The van der Waals surface area contributed by atoms with Gasteiger partial charge >= 0.3 is 0 Å². The molecule has 1 amide bonds. The lowest BCUT2D eigenvalue weighted by molar-refractivity contribution is 0.0665. The monoisotopic (exact) mass is 433 g/mol. The fraction of sp³-hybridized carbons (Fsp3) is 0.480. The summed E-state index contributed by atoms with van der Waals surface area (Å²) in [5.74, 6) is 2.04. The highest BCUT2D eigenvalue weighted by Crippen LogP contribution is 2.35. The Morgan fingerprint density at radius 3 is 2.69 bits per heavy atom. The highest BCUT2D eigenvalue weighted by Gasteiger charge is 2.42. The van der Waals surface area contributed by atoms with E-state index in [1.54, 1.807) is 7.11 Å². The number of ether oxygens (including phenoxy) is 1. The Hall–Kier alpha value is -2.93. The van der Waals surface area contributed by atoms with E-state index in [4.69, 9.17) is 4.74 Å². The summed E-state index contributed by atoms with van der Waals surface area (Å²) in [5.41, 5.74) is 4.09.